The lowest BCUT2D eigenvalue weighted by molar-refractivity contribution is 0.0519. The van der Waals surface area contributed by atoms with Crippen molar-refractivity contribution in [3.8, 4) is 0 Å². The van der Waals surface area contributed by atoms with E-state index in [2.05, 4.69) is 4.98 Å². The van der Waals surface area contributed by atoms with Gasteiger partial charge in [0.15, 0.2) is 5.69 Å². The SMILES string of the molecule is CCOC(=O)c1coc(/C=C(\C)[C@@H](C)OC)n1. The van der Waals surface area contributed by atoms with Crippen LogP contribution in [0.5, 0.6) is 0 Å². The number of methoxy groups -OCH3 is 1. The summed E-state index contributed by atoms with van der Waals surface area (Å²) in [6.07, 6.45) is 3.00. The Balaban J connectivity index is 2.78. The number of hydrogen-bond acceptors (Lipinski definition) is 5. The third-order valence-electron chi connectivity index (χ3n) is 2.35. The molecule has 17 heavy (non-hydrogen) atoms. The smallest absolute Gasteiger partial charge is 0.360 e. The molecule has 1 aromatic heterocycles. The second kappa shape index (κ2) is 6.20. The van der Waals surface area contributed by atoms with Crippen LogP contribution in [0.15, 0.2) is 16.3 Å². The van der Waals surface area contributed by atoms with E-state index in [0.29, 0.717) is 12.5 Å². The summed E-state index contributed by atoms with van der Waals surface area (Å²) < 4.78 is 15.1. The van der Waals surface area contributed by atoms with Crippen molar-refractivity contribution in [2.45, 2.75) is 26.9 Å². The Hall–Kier alpha value is -1.62. The molecule has 0 saturated carbocycles. The summed E-state index contributed by atoms with van der Waals surface area (Å²) in [5, 5.41) is 0. The molecule has 0 aliphatic carbocycles. The standard InChI is InChI=1S/C12H17NO4/c1-5-16-12(14)10-7-17-11(13-10)6-8(2)9(3)15-4/h6-7,9H,5H2,1-4H3/b8-6+/t9-/m1/s1. The number of hydrogen-bond donors (Lipinski definition) is 0. The van der Waals surface area contributed by atoms with Crippen LogP contribution in [-0.2, 0) is 9.47 Å². The van der Waals surface area contributed by atoms with Crippen molar-refractivity contribution in [2.75, 3.05) is 13.7 Å². The highest BCUT2D eigenvalue weighted by atomic mass is 16.5. The maximum absolute atomic E-state index is 11.3. The van der Waals surface area contributed by atoms with E-state index in [9.17, 15) is 4.79 Å². The highest BCUT2D eigenvalue weighted by Crippen LogP contribution is 2.12. The quantitative estimate of drug-likeness (QED) is 0.738. The molecule has 0 fully saturated rings. The molecule has 0 amide bonds. The average Bonchev–Trinajstić information content (AvgIpc) is 2.76. The molecule has 0 N–H and O–H groups in total. The van der Waals surface area contributed by atoms with E-state index in [4.69, 9.17) is 13.9 Å². The van der Waals surface area contributed by atoms with E-state index in [1.165, 1.54) is 6.26 Å². The average molecular weight is 239 g/mol. The van der Waals surface area contributed by atoms with E-state index < -0.39 is 5.97 Å². The zero-order valence-corrected chi connectivity index (χ0v) is 10.5. The fourth-order valence-corrected chi connectivity index (χ4v) is 1.15. The molecule has 0 spiro atoms. The summed E-state index contributed by atoms with van der Waals surface area (Å²) in [4.78, 5) is 15.4. The van der Waals surface area contributed by atoms with Crippen LogP contribution in [0.2, 0.25) is 0 Å². The zero-order valence-electron chi connectivity index (χ0n) is 10.5. The fraction of sp³-hybridized carbons (Fsp3) is 0.500. The van der Waals surface area contributed by atoms with Gasteiger partial charge in [0.25, 0.3) is 0 Å². The minimum absolute atomic E-state index is 0.0204. The Morgan fingerprint density at radius 2 is 2.35 bits per heavy atom. The first-order valence-corrected chi connectivity index (χ1v) is 5.42. The Morgan fingerprint density at radius 1 is 1.65 bits per heavy atom. The second-order valence-electron chi connectivity index (χ2n) is 3.56. The second-order valence-corrected chi connectivity index (χ2v) is 3.56. The highest BCUT2D eigenvalue weighted by Gasteiger charge is 2.12. The lowest BCUT2D eigenvalue weighted by Gasteiger charge is -2.08. The van der Waals surface area contributed by atoms with E-state index in [-0.39, 0.29) is 11.8 Å². The highest BCUT2D eigenvalue weighted by molar-refractivity contribution is 5.87. The van der Waals surface area contributed by atoms with Crippen LogP contribution >= 0.6 is 0 Å². The Morgan fingerprint density at radius 3 is 2.94 bits per heavy atom. The minimum Gasteiger partial charge on any atom is -0.461 e. The summed E-state index contributed by atoms with van der Waals surface area (Å²) in [6.45, 7) is 5.88. The maximum atomic E-state index is 11.3. The Bertz CT molecular complexity index is 408. The van der Waals surface area contributed by atoms with Gasteiger partial charge in [-0.3, -0.25) is 0 Å². The molecule has 1 aromatic rings. The van der Waals surface area contributed by atoms with Crippen LogP contribution in [0.1, 0.15) is 37.2 Å². The first kappa shape index (κ1) is 13.4. The van der Waals surface area contributed by atoms with Gasteiger partial charge in [0, 0.05) is 13.2 Å². The van der Waals surface area contributed by atoms with Crippen LogP contribution in [0, 0.1) is 0 Å². The van der Waals surface area contributed by atoms with Crippen LogP contribution in [0.25, 0.3) is 6.08 Å². The van der Waals surface area contributed by atoms with E-state index >= 15 is 0 Å². The van der Waals surface area contributed by atoms with Gasteiger partial charge in [-0.05, 0) is 26.3 Å². The molecular formula is C12H17NO4. The number of nitrogens with zero attached hydrogens (tertiary/aromatic N) is 1. The summed E-state index contributed by atoms with van der Waals surface area (Å²) in [7, 11) is 1.63. The largest absolute Gasteiger partial charge is 0.461 e. The molecule has 5 heteroatoms. The Kier molecular flexibility index (Phi) is 4.90. The van der Waals surface area contributed by atoms with E-state index in [0.717, 1.165) is 5.57 Å². The number of rotatable bonds is 5. The van der Waals surface area contributed by atoms with Crippen molar-refractivity contribution in [1.29, 1.82) is 0 Å². The summed E-state index contributed by atoms with van der Waals surface area (Å²) in [5.41, 5.74) is 1.14. The predicted molar refractivity (Wildman–Crippen MR) is 62.6 cm³/mol. The number of carbonyl (C=O) groups excluding carboxylic acids is 1. The van der Waals surface area contributed by atoms with Crippen molar-refractivity contribution < 1.29 is 18.7 Å². The predicted octanol–water partition coefficient (Wildman–Crippen LogP) is 2.29. The molecule has 94 valence electrons. The molecule has 1 rings (SSSR count). The molecule has 0 saturated heterocycles. The van der Waals surface area contributed by atoms with E-state index in [1.54, 1.807) is 20.1 Å². The monoisotopic (exact) mass is 239 g/mol. The van der Waals surface area contributed by atoms with Gasteiger partial charge in [-0.25, -0.2) is 9.78 Å². The third kappa shape index (κ3) is 3.71. The van der Waals surface area contributed by atoms with Gasteiger partial charge in [0.1, 0.15) is 6.26 Å². The van der Waals surface area contributed by atoms with Crippen LogP contribution in [0.3, 0.4) is 0 Å². The first-order chi connectivity index (χ1) is 8.08. The Labute approximate surface area is 100 Å². The van der Waals surface area contributed by atoms with Gasteiger partial charge < -0.3 is 13.9 Å². The lowest BCUT2D eigenvalue weighted by atomic mass is 10.2. The number of carbonyl (C=O) groups is 1. The summed E-state index contributed by atoms with van der Waals surface area (Å²) in [6, 6.07) is 0. The summed E-state index contributed by atoms with van der Waals surface area (Å²) in [5.74, 6) is -0.109. The molecular weight excluding hydrogens is 222 g/mol. The molecule has 1 atom stereocenters. The third-order valence-corrected chi connectivity index (χ3v) is 2.35. The van der Waals surface area contributed by atoms with Gasteiger partial charge in [0.2, 0.25) is 5.89 Å². The first-order valence-electron chi connectivity index (χ1n) is 5.42. The van der Waals surface area contributed by atoms with Crippen molar-refractivity contribution in [1.82, 2.24) is 4.98 Å². The maximum Gasteiger partial charge on any atom is 0.360 e. The van der Waals surface area contributed by atoms with Gasteiger partial charge in [-0.15, -0.1) is 0 Å². The van der Waals surface area contributed by atoms with Crippen LogP contribution < -0.4 is 0 Å². The normalized spacial score (nSPS) is 13.5. The van der Waals surface area contributed by atoms with Crippen LogP contribution in [-0.4, -0.2) is 30.8 Å². The molecule has 0 aliphatic rings. The van der Waals surface area contributed by atoms with Crippen molar-refractivity contribution in [2.24, 2.45) is 0 Å². The number of ether oxygens (including phenoxy) is 2. The van der Waals surface area contributed by atoms with Gasteiger partial charge >= 0.3 is 5.97 Å². The zero-order chi connectivity index (χ0) is 12.8. The number of oxazole rings is 1. The molecule has 0 aromatic carbocycles. The van der Waals surface area contributed by atoms with Crippen molar-refractivity contribution >= 4 is 12.0 Å². The molecule has 5 nitrogen and oxygen atoms in total. The van der Waals surface area contributed by atoms with Gasteiger partial charge in [-0.2, -0.15) is 0 Å². The summed E-state index contributed by atoms with van der Waals surface area (Å²) >= 11 is 0. The topological polar surface area (TPSA) is 61.6 Å². The lowest BCUT2D eigenvalue weighted by Crippen LogP contribution is -2.06. The molecule has 1 heterocycles. The molecule has 0 aliphatic heterocycles. The van der Waals surface area contributed by atoms with Gasteiger partial charge in [0.05, 0.1) is 12.7 Å². The van der Waals surface area contributed by atoms with Crippen LogP contribution in [0.4, 0.5) is 0 Å². The molecule has 0 unspecified atom stereocenters. The van der Waals surface area contributed by atoms with E-state index in [1.807, 2.05) is 13.8 Å². The number of esters is 1. The minimum atomic E-state index is -0.478. The molecule has 0 radical (unpaired) electrons. The van der Waals surface area contributed by atoms with Gasteiger partial charge in [-0.1, -0.05) is 0 Å². The van der Waals surface area contributed by atoms with Crippen molar-refractivity contribution in [3.63, 3.8) is 0 Å². The fourth-order valence-electron chi connectivity index (χ4n) is 1.15. The van der Waals surface area contributed by atoms with Crippen molar-refractivity contribution in [3.05, 3.63) is 23.4 Å². The molecule has 0 bridgehead atoms. The number of aromatic nitrogens is 1.